The molecule has 0 aliphatic rings. The first-order chi connectivity index (χ1) is 10.6. The molecule has 0 aromatic heterocycles. The zero-order valence-electron chi connectivity index (χ0n) is 12.2. The number of methoxy groups -OCH3 is 1. The smallest absolute Gasteiger partial charge is 0.305 e. The second kappa shape index (κ2) is 7.26. The Morgan fingerprint density at radius 2 is 1.86 bits per heavy atom. The van der Waals surface area contributed by atoms with Gasteiger partial charge in [-0.3, -0.25) is 9.59 Å². The van der Waals surface area contributed by atoms with Gasteiger partial charge >= 0.3 is 5.97 Å². The molecule has 0 aliphatic carbocycles. The van der Waals surface area contributed by atoms with Gasteiger partial charge in [0.05, 0.1) is 19.6 Å². The molecule has 1 atom stereocenters. The summed E-state index contributed by atoms with van der Waals surface area (Å²) in [6, 6.07) is 15.2. The number of benzene rings is 2. The maximum absolute atomic E-state index is 12.3. The van der Waals surface area contributed by atoms with Gasteiger partial charge in [-0.25, -0.2) is 0 Å². The molecule has 0 aliphatic heterocycles. The molecule has 1 amide bonds. The van der Waals surface area contributed by atoms with Crippen LogP contribution in [0.3, 0.4) is 0 Å². The van der Waals surface area contributed by atoms with Crippen LogP contribution in [0, 0.1) is 0 Å². The molecule has 0 saturated heterocycles. The monoisotopic (exact) mass is 299 g/mol. The lowest BCUT2D eigenvalue weighted by Crippen LogP contribution is -2.30. The normalized spacial score (nSPS) is 11.5. The van der Waals surface area contributed by atoms with Gasteiger partial charge < -0.3 is 15.2 Å². The van der Waals surface area contributed by atoms with Crippen LogP contribution in [0.4, 0.5) is 0 Å². The van der Waals surface area contributed by atoms with Crippen LogP contribution in [0.1, 0.15) is 28.4 Å². The number of carboxylic acids is 1. The molecule has 5 heteroatoms. The molecule has 22 heavy (non-hydrogen) atoms. The first-order valence-corrected chi connectivity index (χ1v) is 6.82. The summed E-state index contributed by atoms with van der Waals surface area (Å²) in [6.45, 7) is 0. The average molecular weight is 299 g/mol. The van der Waals surface area contributed by atoms with Crippen molar-refractivity contribution in [2.24, 2.45) is 0 Å². The van der Waals surface area contributed by atoms with Crippen molar-refractivity contribution in [3.63, 3.8) is 0 Å². The number of carbonyl (C=O) groups excluding carboxylic acids is 1. The molecular weight excluding hydrogens is 282 g/mol. The number of ether oxygens (including phenoxy) is 1. The fourth-order valence-corrected chi connectivity index (χ4v) is 2.12. The third-order valence-corrected chi connectivity index (χ3v) is 3.22. The van der Waals surface area contributed by atoms with E-state index in [9.17, 15) is 9.59 Å². The highest BCUT2D eigenvalue weighted by atomic mass is 16.5. The lowest BCUT2D eigenvalue weighted by Gasteiger charge is -2.17. The largest absolute Gasteiger partial charge is 0.497 e. The maximum Gasteiger partial charge on any atom is 0.305 e. The zero-order chi connectivity index (χ0) is 15.9. The Kier molecular flexibility index (Phi) is 5.14. The summed E-state index contributed by atoms with van der Waals surface area (Å²) in [5.41, 5.74) is 1.17. The minimum atomic E-state index is -0.972. The fraction of sp³-hybridized carbons (Fsp3) is 0.176. The molecule has 2 N–H and O–H groups in total. The third-order valence-electron chi connectivity index (χ3n) is 3.22. The van der Waals surface area contributed by atoms with Gasteiger partial charge in [0.15, 0.2) is 0 Å². The van der Waals surface area contributed by atoms with Crippen LogP contribution in [-0.2, 0) is 4.79 Å². The van der Waals surface area contributed by atoms with Gasteiger partial charge in [0.1, 0.15) is 5.75 Å². The molecular formula is C17H17NO4. The molecule has 2 aromatic carbocycles. The second-order valence-corrected chi connectivity index (χ2v) is 4.77. The van der Waals surface area contributed by atoms with Crippen molar-refractivity contribution in [2.75, 3.05) is 7.11 Å². The number of hydrogen-bond acceptors (Lipinski definition) is 3. The molecule has 0 unspecified atom stereocenters. The molecule has 0 radical (unpaired) electrons. The highest BCUT2D eigenvalue weighted by molar-refractivity contribution is 5.95. The van der Waals surface area contributed by atoms with Crippen molar-refractivity contribution in [1.29, 1.82) is 0 Å². The van der Waals surface area contributed by atoms with Crippen molar-refractivity contribution in [3.05, 3.63) is 65.7 Å². The van der Waals surface area contributed by atoms with Crippen LogP contribution in [0.15, 0.2) is 54.6 Å². The van der Waals surface area contributed by atoms with E-state index in [0.717, 1.165) is 5.56 Å². The first-order valence-electron chi connectivity index (χ1n) is 6.82. The predicted molar refractivity (Wildman–Crippen MR) is 81.9 cm³/mol. The third kappa shape index (κ3) is 4.09. The molecule has 2 aromatic rings. The van der Waals surface area contributed by atoms with Gasteiger partial charge in [0.25, 0.3) is 5.91 Å². The van der Waals surface area contributed by atoms with Crippen molar-refractivity contribution < 1.29 is 19.4 Å². The Morgan fingerprint density at radius 3 is 2.50 bits per heavy atom. The molecule has 114 valence electrons. The molecule has 0 bridgehead atoms. The molecule has 0 saturated carbocycles. The van der Waals surface area contributed by atoms with Crippen molar-refractivity contribution in [2.45, 2.75) is 12.5 Å². The minimum absolute atomic E-state index is 0.181. The average Bonchev–Trinajstić information content (AvgIpc) is 2.54. The Morgan fingerprint density at radius 1 is 1.14 bits per heavy atom. The summed E-state index contributed by atoms with van der Waals surface area (Å²) in [7, 11) is 1.52. The molecule has 2 rings (SSSR count). The van der Waals surface area contributed by atoms with Crippen molar-refractivity contribution in [1.82, 2.24) is 5.32 Å². The number of hydrogen-bond donors (Lipinski definition) is 2. The number of nitrogens with one attached hydrogen (secondary N) is 1. The second-order valence-electron chi connectivity index (χ2n) is 4.77. The van der Waals surface area contributed by atoms with Crippen molar-refractivity contribution in [3.8, 4) is 5.75 Å². The van der Waals surface area contributed by atoms with Gasteiger partial charge in [-0.2, -0.15) is 0 Å². The SMILES string of the molecule is COc1cccc(C(=O)N[C@@H](CC(=O)O)c2ccccc2)c1. The summed E-state index contributed by atoms with van der Waals surface area (Å²) < 4.78 is 5.09. The van der Waals surface area contributed by atoms with Crippen LogP contribution < -0.4 is 10.1 Å². The van der Waals surface area contributed by atoms with Crippen LogP contribution >= 0.6 is 0 Å². The highest BCUT2D eigenvalue weighted by Gasteiger charge is 2.18. The summed E-state index contributed by atoms with van der Waals surface area (Å²) >= 11 is 0. The van der Waals surface area contributed by atoms with Gasteiger partial charge in [0, 0.05) is 5.56 Å². The maximum atomic E-state index is 12.3. The Balaban J connectivity index is 2.19. The van der Waals surface area contributed by atoms with Crippen LogP contribution in [0.2, 0.25) is 0 Å². The van der Waals surface area contributed by atoms with Crippen LogP contribution in [-0.4, -0.2) is 24.1 Å². The summed E-state index contributed by atoms with van der Waals surface area (Å²) in [5.74, 6) is -0.740. The molecule has 0 fully saturated rings. The Labute approximate surface area is 128 Å². The predicted octanol–water partition coefficient (Wildman–Crippen LogP) is 2.64. The molecule has 0 heterocycles. The number of rotatable bonds is 6. The van der Waals surface area contributed by atoms with Gasteiger partial charge in [0.2, 0.25) is 0 Å². The lowest BCUT2D eigenvalue weighted by molar-refractivity contribution is -0.137. The van der Waals surface area contributed by atoms with E-state index in [0.29, 0.717) is 11.3 Å². The topological polar surface area (TPSA) is 75.6 Å². The van der Waals surface area contributed by atoms with Crippen molar-refractivity contribution >= 4 is 11.9 Å². The molecule has 0 spiro atoms. The summed E-state index contributed by atoms with van der Waals surface area (Å²) in [4.78, 5) is 23.3. The van der Waals surface area contributed by atoms with Crippen LogP contribution in [0.5, 0.6) is 5.75 Å². The number of carboxylic acid groups (broad SMARTS) is 1. The van der Waals surface area contributed by atoms with E-state index in [-0.39, 0.29) is 12.3 Å². The van der Waals surface area contributed by atoms with Crippen LogP contribution in [0.25, 0.3) is 0 Å². The van der Waals surface area contributed by atoms with E-state index >= 15 is 0 Å². The lowest BCUT2D eigenvalue weighted by atomic mass is 10.0. The van der Waals surface area contributed by atoms with E-state index in [4.69, 9.17) is 9.84 Å². The van der Waals surface area contributed by atoms with E-state index in [1.165, 1.54) is 7.11 Å². The van der Waals surface area contributed by atoms with E-state index in [1.807, 2.05) is 18.2 Å². The van der Waals surface area contributed by atoms with E-state index in [1.54, 1.807) is 36.4 Å². The number of carbonyl (C=O) groups is 2. The minimum Gasteiger partial charge on any atom is -0.497 e. The number of aliphatic carboxylic acids is 1. The zero-order valence-corrected chi connectivity index (χ0v) is 12.2. The molecule has 5 nitrogen and oxygen atoms in total. The number of amides is 1. The summed E-state index contributed by atoms with van der Waals surface area (Å²) in [6.07, 6.45) is -0.181. The standard InChI is InChI=1S/C17H17NO4/c1-22-14-9-5-8-13(10-14)17(21)18-15(11-16(19)20)12-6-3-2-4-7-12/h2-10,15H,11H2,1H3,(H,18,21)(H,19,20)/t15-/m0/s1. The Hall–Kier alpha value is -2.82. The quantitative estimate of drug-likeness (QED) is 0.859. The Bertz CT molecular complexity index is 655. The van der Waals surface area contributed by atoms with E-state index < -0.39 is 12.0 Å². The van der Waals surface area contributed by atoms with Gasteiger partial charge in [-0.15, -0.1) is 0 Å². The highest BCUT2D eigenvalue weighted by Crippen LogP contribution is 2.18. The fourth-order valence-electron chi connectivity index (χ4n) is 2.12. The van der Waals surface area contributed by atoms with Gasteiger partial charge in [-0.05, 0) is 23.8 Å². The summed E-state index contributed by atoms with van der Waals surface area (Å²) in [5, 5.41) is 11.8. The van der Waals surface area contributed by atoms with Gasteiger partial charge in [-0.1, -0.05) is 36.4 Å². The van der Waals surface area contributed by atoms with E-state index in [2.05, 4.69) is 5.32 Å². The first kappa shape index (κ1) is 15.6.